The number of hydrogen-bond donors (Lipinski definition) is 1. The number of nitrogens with one attached hydrogen (secondary N) is 1. The van der Waals surface area contributed by atoms with Crippen molar-refractivity contribution in [1.82, 2.24) is 0 Å². The SMILES string of the molecule is Cc1ccc(S(=O)(=O)/N=C2\Cc3ccccc3N2)cc1. The first-order valence-electron chi connectivity index (χ1n) is 6.30. The Morgan fingerprint density at radius 3 is 2.45 bits per heavy atom. The zero-order chi connectivity index (χ0) is 14.2. The molecule has 1 aliphatic rings. The number of amidine groups is 1. The lowest BCUT2D eigenvalue weighted by Gasteiger charge is -2.02. The predicted molar refractivity (Wildman–Crippen MR) is 79.6 cm³/mol. The first-order chi connectivity index (χ1) is 9.54. The summed E-state index contributed by atoms with van der Waals surface area (Å²) in [6.45, 7) is 1.91. The van der Waals surface area contributed by atoms with E-state index < -0.39 is 10.0 Å². The van der Waals surface area contributed by atoms with Crippen LogP contribution in [0.4, 0.5) is 5.69 Å². The molecule has 0 atom stereocenters. The lowest BCUT2D eigenvalue weighted by Crippen LogP contribution is -2.10. The first-order valence-corrected chi connectivity index (χ1v) is 7.74. The van der Waals surface area contributed by atoms with Gasteiger partial charge in [-0.25, -0.2) is 0 Å². The van der Waals surface area contributed by atoms with Crippen LogP contribution in [0, 0.1) is 6.92 Å². The van der Waals surface area contributed by atoms with Gasteiger partial charge in [-0.3, -0.25) is 0 Å². The number of fused-ring (bicyclic) bond motifs is 1. The quantitative estimate of drug-likeness (QED) is 0.923. The maximum Gasteiger partial charge on any atom is 0.283 e. The van der Waals surface area contributed by atoms with Crippen molar-refractivity contribution >= 4 is 21.5 Å². The molecule has 20 heavy (non-hydrogen) atoms. The van der Waals surface area contributed by atoms with Gasteiger partial charge in [-0.1, -0.05) is 35.9 Å². The summed E-state index contributed by atoms with van der Waals surface area (Å²) in [5.74, 6) is 0.465. The Labute approximate surface area is 118 Å². The highest BCUT2D eigenvalue weighted by Gasteiger charge is 2.19. The molecular weight excluding hydrogens is 272 g/mol. The highest BCUT2D eigenvalue weighted by atomic mass is 32.2. The van der Waals surface area contributed by atoms with Crippen molar-refractivity contribution < 1.29 is 8.42 Å². The van der Waals surface area contributed by atoms with E-state index in [9.17, 15) is 8.42 Å². The maximum absolute atomic E-state index is 12.2. The molecule has 0 radical (unpaired) electrons. The highest BCUT2D eigenvalue weighted by molar-refractivity contribution is 7.90. The van der Waals surface area contributed by atoms with Crippen LogP contribution in [0.1, 0.15) is 11.1 Å². The van der Waals surface area contributed by atoms with E-state index in [0.717, 1.165) is 16.8 Å². The van der Waals surface area contributed by atoms with Gasteiger partial charge in [0.15, 0.2) is 0 Å². The van der Waals surface area contributed by atoms with E-state index in [2.05, 4.69) is 9.71 Å². The molecule has 0 saturated carbocycles. The zero-order valence-electron chi connectivity index (χ0n) is 11.0. The van der Waals surface area contributed by atoms with Gasteiger partial charge < -0.3 is 5.32 Å². The van der Waals surface area contributed by atoms with Crippen LogP contribution in [-0.2, 0) is 16.4 Å². The topological polar surface area (TPSA) is 58.5 Å². The van der Waals surface area contributed by atoms with Gasteiger partial charge in [-0.2, -0.15) is 8.42 Å². The van der Waals surface area contributed by atoms with Gasteiger partial charge in [-0.05, 0) is 30.7 Å². The highest BCUT2D eigenvalue weighted by Crippen LogP contribution is 2.24. The monoisotopic (exact) mass is 286 g/mol. The fraction of sp³-hybridized carbons (Fsp3) is 0.133. The van der Waals surface area contributed by atoms with Gasteiger partial charge in [0.1, 0.15) is 5.84 Å². The number of para-hydroxylation sites is 1. The average molecular weight is 286 g/mol. The van der Waals surface area contributed by atoms with Crippen LogP contribution in [0.15, 0.2) is 57.8 Å². The normalized spacial score (nSPS) is 15.9. The first kappa shape index (κ1) is 12.9. The molecule has 2 aromatic rings. The maximum atomic E-state index is 12.2. The molecule has 0 aliphatic carbocycles. The van der Waals surface area contributed by atoms with E-state index in [4.69, 9.17) is 0 Å². The number of benzene rings is 2. The number of rotatable bonds is 2. The van der Waals surface area contributed by atoms with E-state index in [0.29, 0.717) is 12.3 Å². The Kier molecular flexibility index (Phi) is 3.06. The third kappa shape index (κ3) is 2.44. The van der Waals surface area contributed by atoms with Crippen LogP contribution < -0.4 is 5.32 Å². The van der Waals surface area contributed by atoms with Crippen LogP contribution in [-0.4, -0.2) is 14.3 Å². The molecule has 5 heteroatoms. The molecule has 3 rings (SSSR count). The summed E-state index contributed by atoms with van der Waals surface area (Å²) in [5, 5.41) is 3.04. The molecule has 0 aromatic heterocycles. The molecule has 2 aromatic carbocycles. The summed E-state index contributed by atoms with van der Waals surface area (Å²) in [7, 11) is -3.65. The Bertz CT molecular complexity index is 751. The molecule has 1 N–H and O–H groups in total. The van der Waals surface area contributed by atoms with Crippen molar-refractivity contribution in [1.29, 1.82) is 0 Å². The minimum absolute atomic E-state index is 0.216. The van der Waals surface area contributed by atoms with Crippen LogP contribution in [0.25, 0.3) is 0 Å². The molecule has 1 heterocycles. The van der Waals surface area contributed by atoms with E-state index in [1.165, 1.54) is 0 Å². The Hall–Kier alpha value is -2.14. The fourth-order valence-electron chi connectivity index (χ4n) is 2.14. The minimum Gasteiger partial charge on any atom is -0.343 e. The van der Waals surface area contributed by atoms with Crippen LogP contribution in [0.5, 0.6) is 0 Å². The lowest BCUT2D eigenvalue weighted by atomic mass is 10.2. The summed E-state index contributed by atoms with van der Waals surface area (Å²) in [6.07, 6.45) is 0.515. The molecule has 0 spiro atoms. The van der Waals surface area contributed by atoms with Gasteiger partial charge in [0.2, 0.25) is 0 Å². The number of nitrogens with zero attached hydrogens (tertiary/aromatic N) is 1. The Morgan fingerprint density at radius 1 is 1.05 bits per heavy atom. The lowest BCUT2D eigenvalue weighted by molar-refractivity contribution is 0.598. The molecule has 0 saturated heterocycles. The van der Waals surface area contributed by atoms with Crippen molar-refractivity contribution in [2.24, 2.45) is 4.40 Å². The third-order valence-electron chi connectivity index (χ3n) is 3.20. The standard InChI is InChI=1S/C15H14N2O2S/c1-11-6-8-13(9-7-11)20(18,19)17-15-10-12-4-2-3-5-14(12)16-15/h2-9H,10H2,1H3,(H,16,17). The van der Waals surface area contributed by atoms with Crippen molar-refractivity contribution in [2.75, 3.05) is 5.32 Å². The summed E-state index contributed by atoms with van der Waals surface area (Å²) < 4.78 is 28.3. The smallest absolute Gasteiger partial charge is 0.283 e. The Morgan fingerprint density at radius 2 is 1.75 bits per heavy atom. The Balaban J connectivity index is 1.91. The minimum atomic E-state index is -3.65. The molecule has 0 fully saturated rings. The molecular formula is C15H14N2O2S. The number of sulfonamides is 1. The summed E-state index contributed by atoms with van der Waals surface area (Å²) in [6, 6.07) is 14.4. The summed E-state index contributed by atoms with van der Waals surface area (Å²) >= 11 is 0. The fourth-order valence-corrected chi connectivity index (χ4v) is 3.13. The second-order valence-electron chi connectivity index (χ2n) is 4.79. The number of hydrogen-bond acceptors (Lipinski definition) is 2. The second-order valence-corrected chi connectivity index (χ2v) is 6.39. The van der Waals surface area contributed by atoms with Crippen molar-refractivity contribution in [2.45, 2.75) is 18.2 Å². The predicted octanol–water partition coefficient (Wildman–Crippen LogP) is 2.75. The summed E-state index contributed by atoms with van der Waals surface area (Å²) in [4.78, 5) is 0.216. The second kappa shape index (κ2) is 4.76. The van der Waals surface area contributed by atoms with E-state index in [1.807, 2.05) is 31.2 Å². The van der Waals surface area contributed by atoms with Gasteiger partial charge in [0.05, 0.1) is 4.90 Å². The molecule has 0 unspecified atom stereocenters. The van der Waals surface area contributed by atoms with Gasteiger partial charge in [-0.15, -0.1) is 4.40 Å². The van der Waals surface area contributed by atoms with Crippen LogP contribution in [0.3, 0.4) is 0 Å². The zero-order valence-corrected chi connectivity index (χ0v) is 11.8. The van der Waals surface area contributed by atoms with E-state index in [1.54, 1.807) is 24.3 Å². The van der Waals surface area contributed by atoms with Crippen molar-refractivity contribution in [3.8, 4) is 0 Å². The van der Waals surface area contributed by atoms with Crippen molar-refractivity contribution in [3.05, 3.63) is 59.7 Å². The average Bonchev–Trinajstić information content (AvgIpc) is 2.80. The molecule has 102 valence electrons. The molecule has 0 bridgehead atoms. The largest absolute Gasteiger partial charge is 0.343 e. The third-order valence-corrected chi connectivity index (χ3v) is 4.53. The van der Waals surface area contributed by atoms with Gasteiger partial charge in [0.25, 0.3) is 10.0 Å². The van der Waals surface area contributed by atoms with Gasteiger partial charge >= 0.3 is 0 Å². The van der Waals surface area contributed by atoms with Crippen LogP contribution >= 0.6 is 0 Å². The van der Waals surface area contributed by atoms with E-state index >= 15 is 0 Å². The molecule has 4 nitrogen and oxygen atoms in total. The summed E-state index contributed by atoms with van der Waals surface area (Å²) in [5.41, 5.74) is 3.00. The van der Waals surface area contributed by atoms with Crippen LogP contribution in [0.2, 0.25) is 0 Å². The molecule has 0 amide bonds. The van der Waals surface area contributed by atoms with Crippen molar-refractivity contribution in [3.63, 3.8) is 0 Å². The van der Waals surface area contributed by atoms with E-state index in [-0.39, 0.29) is 4.90 Å². The number of aryl methyl sites for hydroxylation is 1. The molecule has 1 aliphatic heterocycles. The number of anilines is 1. The van der Waals surface area contributed by atoms with Gasteiger partial charge in [0, 0.05) is 12.1 Å².